The van der Waals surface area contributed by atoms with Crippen molar-refractivity contribution in [1.29, 1.82) is 0 Å². The van der Waals surface area contributed by atoms with Crippen LogP contribution in [0.4, 0.5) is 0 Å². The molecule has 2 unspecified atom stereocenters. The van der Waals surface area contributed by atoms with Crippen molar-refractivity contribution >= 4 is 17.6 Å². The van der Waals surface area contributed by atoms with E-state index in [0.717, 1.165) is 19.3 Å². The van der Waals surface area contributed by atoms with Gasteiger partial charge in [0.1, 0.15) is 6.10 Å². The molecule has 3 heteroatoms. The zero-order chi connectivity index (χ0) is 8.97. The Bertz CT molecular complexity index is 179. The second-order valence-electron chi connectivity index (χ2n) is 3.01. The van der Waals surface area contributed by atoms with Gasteiger partial charge in [-0.15, -0.1) is 18.2 Å². The Morgan fingerprint density at radius 2 is 2.50 bits per heavy atom. The van der Waals surface area contributed by atoms with E-state index >= 15 is 0 Å². The quantitative estimate of drug-likeness (QED) is 0.384. The van der Waals surface area contributed by atoms with E-state index in [-0.39, 0.29) is 18.0 Å². The third-order valence-electron chi connectivity index (χ3n) is 2.05. The number of allylic oxidation sites excluding steroid dienone is 1. The molecular formula is C9H13ClO2. The summed E-state index contributed by atoms with van der Waals surface area (Å²) in [5.41, 5.74) is 0. The second-order valence-corrected chi connectivity index (χ2v) is 3.32. The highest BCUT2D eigenvalue weighted by Gasteiger charge is 2.32. The number of hydrogen-bond acceptors (Lipinski definition) is 2. The van der Waals surface area contributed by atoms with E-state index in [2.05, 4.69) is 6.58 Å². The number of hydrogen-bond donors (Lipinski definition) is 0. The maximum Gasteiger partial charge on any atom is 0.309 e. The van der Waals surface area contributed by atoms with Crippen molar-refractivity contribution in [1.82, 2.24) is 0 Å². The molecule has 0 aromatic carbocycles. The van der Waals surface area contributed by atoms with Crippen molar-refractivity contribution in [2.45, 2.75) is 25.4 Å². The highest BCUT2D eigenvalue weighted by atomic mass is 35.5. The molecule has 1 aliphatic rings. The third kappa shape index (κ3) is 2.24. The fourth-order valence-corrected chi connectivity index (χ4v) is 1.56. The van der Waals surface area contributed by atoms with Crippen molar-refractivity contribution in [3.8, 4) is 0 Å². The minimum Gasteiger partial charge on any atom is -0.461 e. The van der Waals surface area contributed by atoms with Crippen molar-refractivity contribution in [2.24, 2.45) is 5.92 Å². The summed E-state index contributed by atoms with van der Waals surface area (Å²) in [7, 11) is 0. The lowest BCUT2D eigenvalue weighted by atomic mass is 10.00. The molecule has 0 bridgehead atoms. The van der Waals surface area contributed by atoms with Crippen molar-refractivity contribution in [3.05, 3.63) is 12.7 Å². The van der Waals surface area contributed by atoms with E-state index in [1.807, 2.05) is 6.08 Å². The molecule has 2 nitrogen and oxygen atoms in total. The van der Waals surface area contributed by atoms with Gasteiger partial charge in [-0.1, -0.05) is 6.08 Å². The van der Waals surface area contributed by atoms with Gasteiger partial charge in [0.05, 0.1) is 11.8 Å². The Hall–Kier alpha value is -0.500. The van der Waals surface area contributed by atoms with Crippen LogP contribution in [0.5, 0.6) is 0 Å². The number of cyclic esters (lactones) is 1. The average Bonchev–Trinajstić information content (AvgIpc) is 2.43. The van der Waals surface area contributed by atoms with E-state index in [4.69, 9.17) is 16.3 Å². The van der Waals surface area contributed by atoms with Crippen LogP contribution in [0.2, 0.25) is 0 Å². The first kappa shape index (κ1) is 9.59. The van der Waals surface area contributed by atoms with Gasteiger partial charge in [0, 0.05) is 0 Å². The summed E-state index contributed by atoms with van der Waals surface area (Å²) in [4.78, 5) is 11.1. The predicted octanol–water partition coefficient (Wildman–Crippen LogP) is 2.12. The Morgan fingerprint density at radius 1 is 1.75 bits per heavy atom. The third-order valence-corrected chi connectivity index (χ3v) is 2.40. The SMILES string of the molecule is C=CCCC1CC(CCl)OC1=O. The van der Waals surface area contributed by atoms with Crippen LogP contribution in [0.25, 0.3) is 0 Å². The van der Waals surface area contributed by atoms with Gasteiger partial charge in [-0.2, -0.15) is 0 Å². The van der Waals surface area contributed by atoms with Crippen LogP contribution in [0, 0.1) is 5.92 Å². The van der Waals surface area contributed by atoms with Crippen LogP contribution < -0.4 is 0 Å². The molecule has 0 saturated carbocycles. The minimum absolute atomic E-state index is 0.0479. The van der Waals surface area contributed by atoms with Gasteiger partial charge >= 0.3 is 5.97 Å². The summed E-state index contributed by atoms with van der Waals surface area (Å²) in [5.74, 6) is 0.366. The topological polar surface area (TPSA) is 26.3 Å². The molecule has 12 heavy (non-hydrogen) atoms. The van der Waals surface area contributed by atoms with E-state index in [0.29, 0.717) is 5.88 Å². The lowest BCUT2D eigenvalue weighted by Gasteiger charge is -2.01. The molecule has 1 fully saturated rings. The number of carbonyl (C=O) groups is 1. The molecule has 68 valence electrons. The summed E-state index contributed by atoms with van der Waals surface area (Å²) in [6.45, 7) is 3.61. The van der Waals surface area contributed by atoms with Gasteiger partial charge < -0.3 is 4.74 Å². The summed E-state index contributed by atoms with van der Waals surface area (Å²) >= 11 is 5.58. The first-order valence-electron chi connectivity index (χ1n) is 4.15. The molecule has 1 rings (SSSR count). The fraction of sp³-hybridized carbons (Fsp3) is 0.667. The van der Waals surface area contributed by atoms with Gasteiger partial charge in [0.25, 0.3) is 0 Å². The average molecular weight is 189 g/mol. The smallest absolute Gasteiger partial charge is 0.309 e. The van der Waals surface area contributed by atoms with Gasteiger partial charge in [-0.25, -0.2) is 0 Å². The maximum atomic E-state index is 11.1. The molecule has 0 radical (unpaired) electrons. The summed E-state index contributed by atoms with van der Waals surface area (Å²) in [6.07, 6.45) is 4.25. The van der Waals surface area contributed by atoms with Gasteiger partial charge in [-0.05, 0) is 19.3 Å². The van der Waals surface area contributed by atoms with Crippen molar-refractivity contribution in [3.63, 3.8) is 0 Å². The second kappa shape index (κ2) is 4.51. The molecule has 1 heterocycles. The fourth-order valence-electron chi connectivity index (χ4n) is 1.37. The number of alkyl halides is 1. The lowest BCUT2D eigenvalue weighted by molar-refractivity contribution is -0.143. The number of halogens is 1. The van der Waals surface area contributed by atoms with Gasteiger partial charge in [0.2, 0.25) is 0 Å². The van der Waals surface area contributed by atoms with E-state index < -0.39 is 0 Å². The molecule has 0 amide bonds. The molecule has 0 spiro atoms. The van der Waals surface area contributed by atoms with E-state index in [1.54, 1.807) is 0 Å². The molecule has 1 saturated heterocycles. The standard InChI is InChI=1S/C9H13ClO2/c1-2-3-4-7-5-8(6-10)12-9(7)11/h2,7-8H,1,3-6H2. The molecular weight excluding hydrogens is 176 g/mol. The summed E-state index contributed by atoms with van der Waals surface area (Å²) in [6, 6.07) is 0. The molecule has 0 aromatic heterocycles. The Labute approximate surface area is 77.5 Å². The Morgan fingerprint density at radius 3 is 3.00 bits per heavy atom. The molecule has 0 aliphatic carbocycles. The van der Waals surface area contributed by atoms with Gasteiger partial charge in [-0.3, -0.25) is 4.79 Å². The number of esters is 1. The number of rotatable bonds is 4. The number of ether oxygens (including phenoxy) is 1. The molecule has 0 aromatic rings. The first-order valence-corrected chi connectivity index (χ1v) is 4.68. The Kier molecular flexibility index (Phi) is 3.60. The highest BCUT2D eigenvalue weighted by molar-refractivity contribution is 6.18. The minimum atomic E-state index is -0.0949. The monoisotopic (exact) mass is 188 g/mol. The summed E-state index contributed by atoms with van der Waals surface area (Å²) < 4.78 is 5.01. The van der Waals surface area contributed by atoms with Crippen LogP contribution in [0.1, 0.15) is 19.3 Å². The van der Waals surface area contributed by atoms with Crippen LogP contribution in [0.3, 0.4) is 0 Å². The highest BCUT2D eigenvalue weighted by Crippen LogP contribution is 2.25. The summed E-state index contributed by atoms with van der Waals surface area (Å²) in [5, 5.41) is 0. The van der Waals surface area contributed by atoms with Crippen LogP contribution >= 0.6 is 11.6 Å². The van der Waals surface area contributed by atoms with Crippen LogP contribution in [-0.4, -0.2) is 18.0 Å². The largest absolute Gasteiger partial charge is 0.461 e. The zero-order valence-corrected chi connectivity index (χ0v) is 7.72. The lowest BCUT2D eigenvalue weighted by Crippen LogP contribution is -2.07. The van der Waals surface area contributed by atoms with Crippen LogP contribution in [-0.2, 0) is 9.53 Å². The Balaban J connectivity index is 2.35. The van der Waals surface area contributed by atoms with E-state index in [9.17, 15) is 4.79 Å². The molecule has 1 aliphatic heterocycles. The van der Waals surface area contributed by atoms with Crippen molar-refractivity contribution < 1.29 is 9.53 Å². The van der Waals surface area contributed by atoms with Gasteiger partial charge in [0.15, 0.2) is 0 Å². The molecule has 2 atom stereocenters. The van der Waals surface area contributed by atoms with Crippen molar-refractivity contribution in [2.75, 3.05) is 5.88 Å². The predicted molar refractivity (Wildman–Crippen MR) is 48.1 cm³/mol. The maximum absolute atomic E-state index is 11.1. The first-order chi connectivity index (χ1) is 5.77. The zero-order valence-electron chi connectivity index (χ0n) is 6.96. The van der Waals surface area contributed by atoms with E-state index in [1.165, 1.54) is 0 Å². The number of carbonyl (C=O) groups excluding carboxylic acids is 1. The molecule has 0 N–H and O–H groups in total. The van der Waals surface area contributed by atoms with Crippen LogP contribution in [0.15, 0.2) is 12.7 Å². The normalized spacial score (nSPS) is 28.6.